The summed E-state index contributed by atoms with van der Waals surface area (Å²) < 4.78 is 1.66. The van der Waals surface area contributed by atoms with Crippen molar-refractivity contribution in [1.82, 2.24) is 9.78 Å². The van der Waals surface area contributed by atoms with E-state index >= 15 is 0 Å². The van der Waals surface area contributed by atoms with Gasteiger partial charge in [0.1, 0.15) is 0 Å². The molecule has 0 saturated carbocycles. The lowest BCUT2D eigenvalue weighted by Crippen LogP contribution is -2.17. The fourth-order valence-corrected chi connectivity index (χ4v) is 1.24. The molecule has 0 aromatic carbocycles. The molecular formula is C9H16N2O. The van der Waals surface area contributed by atoms with Crippen LogP contribution in [0.15, 0.2) is 10.9 Å². The molecule has 1 rings (SSSR count). The number of H-pyrrole nitrogens is 1. The van der Waals surface area contributed by atoms with Crippen molar-refractivity contribution >= 4 is 0 Å². The largest absolute Gasteiger partial charge is 0.299 e. The first-order valence-electron chi connectivity index (χ1n) is 4.45. The second kappa shape index (κ2) is 3.61. The highest BCUT2D eigenvalue weighted by Crippen LogP contribution is 2.00. The zero-order chi connectivity index (χ0) is 9.14. The minimum absolute atomic E-state index is 0.0773. The fraction of sp³-hybridized carbons (Fsp3) is 0.667. The summed E-state index contributed by atoms with van der Waals surface area (Å²) in [5.41, 5.74) is 1.12. The SMILES string of the molecule is CCCc1cc(=O)n(C(C)C)[nH]1. The second-order valence-corrected chi connectivity index (χ2v) is 3.33. The maximum atomic E-state index is 11.3. The average molecular weight is 168 g/mol. The Hall–Kier alpha value is -0.990. The summed E-state index contributed by atoms with van der Waals surface area (Å²) in [5, 5.41) is 3.09. The van der Waals surface area contributed by atoms with E-state index in [9.17, 15) is 4.79 Å². The lowest BCUT2D eigenvalue weighted by molar-refractivity contribution is 0.511. The monoisotopic (exact) mass is 168 g/mol. The van der Waals surface area contributed by atoms with Crippen LogP contribution < -0.4 is 5.56 Å². The van der Waals surface area contributed by atoms with Gasteiger partial charge >= 0.3 is 0 Å². The van der Waals surface area contributed by atoms with Crippen molar-refractivity contribution < 1.29 is 0 Å². The van der Waals surface area contributed by atoms with Crippen LogP contribution in [0.3, 0.4) is 0 Å². The number of nitrogens with one attached hydrogen (secondary N) is 1. The quantitative estimate of drug-likeness (QED) is 0.733. The first-order chi connectivity index (χ1) is 5.65. The van der Waals surface area contributed by atoms with Crippen LogP contribution in [0.1, 0.15) is 38.9 Å². The van der Waals surface area contributed by atoms with Gasteiger partial charge in [-0.2, -0.15) is 0 Å². The summed E-state index contributed by atoms with van der Waals surface area (Å²) in [6, 6.07) is 1.91. The van der Waals surface area contributed by atoms with Crippen LogP contribution in [-0.4, -0.2) is 9.78 Å². The van der Waals surface area contributed by atoms with Crippen molar-refractivity contribution in [1.29, 1.82) is 0 Å². The molecule has 0 bridgehead atoms. The van der Waals surface area contributed by atoms with Crippen LogP contribution in [0.2, 0.25) is 0 Å². The summed E-state index contributed by atoms with van der Waals surface area (Å²) in [7, 11) is 0. The molecule has 1 aromatic rings. The smallest absolute Gasteiger partial charge is 0.266 e. The van der Waals surface area contributed by atoms with Crippen LogP contribution in [0, 0.1) is 0 Å². The molecule has 0 spiro atoms. The normalized spacial score (nSPS) is 11.0. The van der Waals surface area contributed by atoms with Crippen LogP contribution in [0.5, 0.6) is 0 Å². The van der Waals surface area contributed by atoms with E-state index in [2.05, 4.69) is 12.0 Å². The van der Waals surface area contributed by atoms with Gasteiger partial charge in [-0.1, -0.05) is 13.3 Å². The lowest BCUT2D eigenvalue weighted by Gasteiger charge is -2.04. The van der Waals surface area contributed by atoms with E-state index in [0.29, 0.717) is 0 Å². The molecule has 0 aliphatic carbocycles. The van der Waals surface area contributed by atoms with Crippen LogP contribution in [0.25, 0.3) is 0 Å². The molecule has 0 aliphatic rings. The molecule has 0 amide bonds. The topological polar surface area (TPSA) is 37.8 Å². The number of nitrogens with zero attached hydrogens (tertiary/aromatic N) is 1. The summed E-state index contributed by atoms with van der Waals surface area (Å²) >= 11 is 0. The van der Waals surface area contributed by atoms with Gasteiger partial charge in [0.25, 0.3) is 5.56 Å². The third-order valence-electron chi connectivity index (χ3n) is 1.83. The zero-order valence-corrected chi connectivity index (χ0v) is 7.92. The molecule has 0 radical (unpaired) electrons. The van der Waals surface area contributed by atoms with Gasteiger partial charge in [0, 0.05) is 17.8 Å². The Kier molecular flexibility index (Phi) is 2.74. The van der Waals surface area contributed by atoms with Crippen molar-refractivity contribution in [3.8, 4) is 0 Å². The van der Waals surface area contributed by atoms with E-state index < -0.39 is 0 Å². The highest BCUT2D eigenvalue weighted by Gasteiger charge is 2.03. The molecular weight excluding hydrogens is 152 g/mol. The van der Waals surface area contributed by atoms with Crippen LogP contribution >= 0.6 is 0 Å². The Morgan fingerprint density at radius 1 is 1.58 bits per heavy atom. The molecule has 68 valence electrons. The predicted molar refractivity (Wildman–Crippen MR) is 49.4 cm³/mol. The average Bonchev–Trinajstić information content (AvgIpc) is 2.32. The van der Waals surface area contributed by atoms with Crippen molar-refractivity contribution in [3.63, 3.8) is 0 Å². The van der Waals surface area contributed by atoms with Gasteiger partial charge in [0.05, 0.1) is 0 Å². The zero-order valence-electron chi connectivity index (χ0n) is 7.92. The number of aromatic amines is 1. The van der Waals surface area contributed by atoms with Gasteiger partial charge in [-0.05, 0) is 20.3 Å². The van der Waals surface area contributed by atoms with E-state index in [1.165, 1.54) is 0 Å². The third-order valence-corrected chi connectivity index (χ3v) is 1.83. The number of hydrogen-bond donors (Lipinski definition) is 1. The van der Waals surface area contributed by atoms with Crippen molar-refractivity contribution in [3.05, 3.63) is 22.1 Å². The lowest BCUT2D eigenvalue weighted by atomic mass is 10.3. The first-order valence-corrected chi connectivity index (χ1v) is 4.45. The van der Waals surface area contributed by atoms with Gasteiger partial charge in [0.2, 0.25) is 0 Å². The first kappa shape index (κ1) is 9.10. The van der Waals surface area contributed by atoms with Gasteiger partial charge in [-0.3, -0.25) is 14.6 Å². The van der Waals surface area contributed by atoms with E-state index in [4.69, 9.17) is 0 Å². The molecule has 0 fully saturated rings. The van der Waals surface area contributed by atoms with Crippen molar-refractivity contribution in [2.75, 3.05) is 0 Å². The number of aryl methyl sites for hydroxylation is 1. The van der Waals surface area contributed by atoms with E-state index in [1.54, 1.807) is 10.7 Å². The van der Waals surface area contributed by atoms with Gasteiger partial charge in [-0.15, -0.1) is 0 Å². The summed E-state index contributed by atoms with van der Waals surface area (Å²) in [4.78, 5) is 11.3. The molecule has 0 atom stereocenters. The highest BCUT2D eigenvalue weighted by atomic mass is 16.1. The molecule has 12 heavy (non-hydrogen) atoms. The molecule has 3 nitrogen and oxygen atoms in total. The summed E-state index contributed by atoms with van der Waals surface area (Å²) in [5.74, 6) is 0. The molecule has 1 heterocycles. The standard InChI is InChI=1S/C9H16N2O/c1-4-5-8-6-9(12)11(10-8)7(2)3/h6-7,10H,4-5H2,1-3H3. The maximum Gasteiger partial charge on any atom is 0.266 e. The van der Waals surface area contributed by atoms with E-state index in [1.807, 2.05) is 13.8 Å². The Morgan fingerprint density at radius 3 is 2.67 bits per heavy atom. The minimum Gasteiger partial charge on any atom is -0.299 e. The molecule has 0 aliphatic heterocycles. The van der Waals surface area contributed by atoms with E-state index in [-0.39, 0.29) is 11.6 Å². The molecule has 3 heteroatoms. The second-order valence-electron chi connectivity index (χ2n) is 3.33. The Balaban J connectivity index is 2.93. The minimum atomic E-state index is 0.0773. The highest BCUT2D eigenvalue weighted by molar-refractivity contribution is 4.99. The van der Waals surface area contributed by atoms with Gasteiger partial charge in [0.15, 0.2) is 0 Å². The molecule has 0 saturated heterocycles. The summed E-state index contributed by atoms with van der Waals surface area (Å²) in [6.07, 6.45) is 2.02. The third kappa shape index (κ3) is 1.78. The van der Waals surface area contributed by atoms with Crippen molar-refractivity contribution in [2.24, 2.45) is 0 Å². The predicted octanol–water partition coefficient (Wildman–Crippen LogP) is 1.71. The Bertz CT molecular complexity index is 296. The van der Waals surface area contributed by atoms with Crippen LogP contribution in [0.4, 0.5) is 0 Å². The van der Waals surface area contributed by atoms with Gasteiger partial charge < -0.3 is 0 Å². The number of hydrogen-bond acceptors (Lipinski definition) is 1. The molecule has 1 aromatic heterocycles. The summed E-state index contributed by atoms with van der Waals surface area (Å²) in [6.45, 7) is 6.09. The molecule has 0 unspecified atom stereocenters. The van der Waals surface area contributed by atoms with E-state index in [0.717, 1.165) is 18.5 Å². The fourth-order valence-electron chi connectivity index (χ4n) is 1.24. The Morgan fingerprint density at radius 2 is 2.25 bits per heavy atom. The molecule has 1 N–H and O–H groups in total. The Labute approximate surface area is 72.4 Å². The number of rotatable bonds is 3. The van der Waals surface area contributed by atoms with Gasteiger partial charge in [-0.25, -0.2) is 0 Å². The van der Waals surface area contributed by atoms with Crippen molar-refractivity contribution in [2.45, 2.75) is 39.7 Å². The maximum absolute atomic E-state index is 11.3. The number of aromatic nitrogens is 2. The van der Waals surface area contributed by atoms with Crippen LogP contribution in [-0.2, 0) is 6.42 Å².